The Morgan fingerprint density at radius 1 is 1.57 bits per heavy atom. The highest BCUT2D eigenvalue weighted by Gasteiger charge is 2.10. The Labute approximate surface area is 81.0 Å². The summed E-state index contributed by atoms with van der Waals surface area (Å²) in [6, 6.07) is 0. The van der Waals surface area contributed by atoms with Crippen LogP contribution < -0.4 is 5.56 Å². The number of carbonyl (C=O) groups excluding carboxylic acids is 1. The lowest BCUT2D eigenvalue weighted by Crippen LogP contribution is -2.11. The van der Waals surface area contributed by atoms with Gasteiger partial charge in [0, 0.05) is 6.42 Å². The SMILES string of the molecule is CCOC(=O)CCc1c(C)o[nH]c1=O. The maximum absolute atomic E-state index is 11.1. The Morgan fingerprint density at radius 3 is 2.79 bits per heavy atom. The van der Waals surface area contributed by atoms with E-state index >= 15 is 0 Å². The predicted octanol–water partition coefficient (Wildman–Crippen LogP) is 0.772. The van der Waals surface area contributed by atoms with Crippen molar-refractivity contribution < 1.29 is 14.1 Å². The van der Waals surface area contributed by atoms with Crippen molar-refractivity contribution in [3.8, 4) is 0 Å². The lowest BCUT2D eigenvalue weighted by molar-refractivity contribution is -0.143. The van der Waals surface area contributed by atoms with Gasteiger partial charge in [0.25, 0.3) is 5.56 Å². The number of aryl methyl sites for hydroxylation is 1. The molecule has 1 rings (SSSR count). The third-order valence-electron chi connectivity index (χ3n) is 1.88. The number of hydrogen-bond acceptors (Lipinski definition) is 4. The second kappa shape index (κ2) is 4.64. The zero-order chi connectivity index (χ0) is 10.6. The smallest absolute Gasteiger partial charge is 0.306 e. The molecule has 0 aromatic carbocycles. The molecule has 0 aliphatic heterocycles. The minimum Gasteiger partial charge on any atom is -0.466 e. The number of nitrogens with one attached hydrogen (secondary N) is 1. The van der Waals surface area contributed by atoms with E-state index < -0.39 is 0 Å². The number of carbonyl (C=O) groups is 1. The molecule has 5 nitrogen and oxygen atoms in total. The molecule has 1 heterocycles. The van der Waals surface area contributed by atoms with Gasteiger partial charge < -0.3 is 9.26 Å². The fraction of sp³-hybridized carbons (Fsp3) is 0.556. The summed E-state index contributed by atoms with van der Waals surface area (Å²) >= 11 is 0. The van der Waals surface area contributed by atoms with Crippen molar-refractivity contribution in [2.24, 2.45) is 0 Å². The van der Waals surface area contributed by atoms with Gasteiger partial charge in [-0.2, -0.15) is 5.16 Å². The molecule has 1 N–H and O–H groups in total. The Hall–Kier alpha value is -1.52. The first-order chi connectivity index (χ1) is 6.65. The molecule has 0 bridgehead atoms. The van der Waals surface area contributed by atoms with Crippen LogP contribution in [0.2, 0.25) is 0 Å². The van der Waals surface area contributed by atoms with Crippen molar-refractivity contribution in [3.05, 3.63) is 21.7 Å². The lowest BCUT2D eigenvalue weighted by Gasteiger charge is -1.99. The van der Waals surface area contributed by atoms with Gasteiger partial charge >= 0.3 is 5.97 Å². The summed E-state index contributed by atoms with van der Waals surface area (Å²) < 4.78 is 9.54. The molecule has 0 atom stereocenters. The van der Waals surface area contributed by atoms with Crippen LogP contribution in [0.1, 0.15) is 24.7 Å². The Balaban J connectivity index is 2.53. The van der Waals surface area contributed by atoms with Crippen LogP contribution in [0.4, 0.5) is 0 Å². The van der Waals surface area contributed by atoms with Crippen LogP contribution in [0, 0.1) is 6.92 Å². The summed E-state index contributed by atoms with van der Waals surface area (Å²) in [6.45, 7) is 3.78. The average Bonchev–Trinajstić information content (AvgIpc) is 2.44. The van der Waals surface area contributed by atoms with Gasteiger partial charge in [-0.3, -0.25) is 9.59 Å². The molecule has 0 unspecified atom stereocenters. The van der Waals surface area contributed by atoms with E-state index in [0.717, 1.165) is 0 Å². The summed E-state index contributed by atoms with van der Waals surface area (Å²) in [5, 5.41) is 2.21. The third-order valence-corrected chi connectivity index (χ3v) is 1.88. The van der Waals surface area contributed by atoms with Gasteiger partial charge in [-0.05, 0) is 20.3 Å². The van der Waals surface area contributed by atoms with Gasteiger partial charge in [-0.1, -0.05) is 0 Å². The van der Waals surface area contributed by atoms with Gasteiger partial charge in [0.05, 0.1) is 12.2 Å². The van der Waals surface area contributed by atoms with Crippen LogP contribution in [0.5, 0.6) is 0 Å². The van der Waals surface area contributed by atoms with Crippen LogP contribution in [0.25, 0.3) is 0 Å². The number of esters is 1. The van der Waals surface area contributed by atoms with E-state index in [9.17, 15) is 9.59 Å². The van der Waals surface area contributed by atoms with Crippen LogP contribution in [0.3, 0.4) is 0 Å². The van der Waals surface area contributed by atoms with E-state index in [1.807, 2.05) is 0 Å². The second-order valence-corrected chi connectivity index (χ2v) is 2.87. The molecular weight excluding hydrogens is 186 g/mol. The van der Waals surface area contributed by atoms with Crippen molar-refractivity contribution in [3.63, 3.8) is 0 Å². The average molecular weight is 199 g/mol. The Morgan fingerprint density at radius 2 is 2.29 bits per heavy atom. The molecule has 0 aliphatic carbocycles. The largest absolute Gasteiger partial charge is 0.466 e. The molecule has 14 heavy (non-hydrogen) atoms. The molecule has 5 heteroatoms. The molecule has 0 saturated heterocycles. The fourth-order valence-electron chi connectivity index (χ4n) is 1.16. The van der Waals surface area contributed by atoms with Crippen molar-refractivity contribution in [1.82, 2.24) is 5.16 Å². The fourth-order valence-corrected chi connectivity index (χ4v) is 1.16. The van der Waals surface area contributed by atoms with Crippen molar-refractivity contribution in [1.29, 1.82) is 0 Å². The number of aromatic amines is 1. The van der Waals surface area contributed by atoms with Crippen molar-refractivity contribution in [2.45, 2.75) is 26.7 Å². The van der Waals surface area contributed by atoms with Crippen LogP contribution in [-0.4, -0.2) is 17.7 Å². The first kappa shape index (κ1) is 10.6. The van der Waals surface area contributed by atoms with Crippen LogP contribution in [0.15, 0.2) is 9.32 Å². The normalized spacial score (nSPS) is 10.1. The van der Waals surface area contributed by atoms with Crippen molar-refractivity contribution >= 4 is 5.97 Å². The second-order valence-electron chi connectivity index (χ2n) is 2.87. The minimum absolute atomic E-state index is 0.206. The molecule has 1 aromatic rings. The van der Waals surface area contributed by atoms with Gasteiger partial charge in [0.15, 0.2) is 0 Å². The number of ether oxygens (including phenoxy) is 1. The Bertz CT molecular complexity index is 363. The number of aromatic nitrogens is 1. The number of hydrogen-bond donors (Lipinski definition) is 1. The summed E-state index contributed by atoms with van der Waals surface area (Å²) in [5.74, 6) is 0.229. The summed E-state index contributed by atoms with van der Waals surface area (Å²) in [7, 11) is 0. The van der Waals surface area contributed by atoms with E-state index in [-0.39, 0.29) is 17.9 Å². The van der Waals surface area contributed by atoms with Gasteiger partial charge in [-0.15, -0.1) is 0 Å². The quantitative estimate of drug-likeness (QED) is 0.727. The molecule has 0 saturated carbocycles. The highest BCUT2D eigenvalue weighted by atomic mass is 16.5. The van der Waals surface area contributed by atoms with E-state index in [1.54, 1.807) is 13.8 Å². The highest BCUT2D eigenvalue weighted by Crippen LogP contribution is 2.04. The zero-order valence-corrected chi connectivity index (χ0v) is 8.25. The topological polar surface area (TPSA) is 72.3 Å². The van der Waals surface area contributed by atoms with Crippen LogP contribution >= 0.6 is 0 Å². The third kappa shape index (κ3) is 2.48. The monoisotopic (exact) mass is 199 g/mol. The molecular formula is C9H13NO4. The molecule has 0 aliphatic rings. The van der Waals surface area contributed by atoms with E-state index in [0.29, 0.717) is 24.4 Å². The summed E-state index contributed by atoms with van der Waals surface area (Å²) in [4.78, 5) is 22.1. The predicted molar refractivity (Wildman–Crippen MR) is 49.0 cm³/mol. The van der Waals surface area contributed by atoms with Gasteiger partial charge in [0.2, 0.25) is 0 Å². The van der Waals surface area contributed by atoms with Gasteiger partial charge in [-0.25, -0.2) is 0 Å². The first-order valence-corrected chi connectivity index (χ1v) is 4.47. The van der Waals surface area contributed by atoms with E-state index in [4.69, 9.17) is 9.26 Å². The minimum atomic E-state index is -0.299. The standard InChI is InChI=1S/C9H13NO4/c1-3-13-8(11)5-4-7-6(2)14-10-9(7)12/h3-5H2,1-2H3,(H,10,12). The lowest BCUT2D eigenvalue weighted by atomic mass is 10.1. The highest BCUT2D eigenvalue weighted by molar-refractivity contribution is 5.69. The summed E-state index contributed by atoms with van der Waals surface area (Å²) in [5.41, 5.74) is 0.241. The zero-order valence-electron chi connectivity index (χ0n) is 8.25. The maximum Gasteiger partial charge on any atom is 0.306 e. The molecule has 0 radical (unpaired) electrons. The number of H-pyrrole nitrogens is 1. The number of rotatable bonds is 4. The van der Waals surface area contributed by atoms with Crippen molar-refractivity contribution in [2.75, 3.05) is 6.61 Å². The first-order valence-electron chi connectivity index (χ1n) is 4.47. The molecule has 0 fully saturated rings. The van der Waals surface area contributed by atoms with Crippen LogP contribution in [-0.2, 0) is 16.0 Å². The van der Waals surface area contributed by atoms with Gasteiger partial charge in [0.1, 0.15) is 5.76 Å². The Kier molecular flexibility index (Phi) is 3.50. The maximum atomic E-state index is 11.1. The molecule has 0 amide bonds. The van der Waals surface area contributed by atoms with E-state index in [1.165, 1.54) is 0 Å². The molecule has 0 spiro atoms. The van der Waals surface area contributed by atoms with E-state index in [2.05, 4.69) is 5.16 Å². The molecule has 1 aromatic heterocycles. The summed E-state index contributed by atoms with van der Waals surface area (Å²) in [6.07, 6.45) is 0.563. The molecule has 78 valence electrons.